The summed E-state index contributed by atoms with van der Waals surface area (Å²) in [6, 6.07) is 18.3. The van der Waals surface area contributed by atoms with Crippen LogP contribution in [0, 0.1) is 13.0 Å². The van der Waals surface area contributed by atoms with Crippen LogP contribution in [-0.4, -0.2) is 36.0 Å². The topological polar surface area (TPSA) is 57.2 Å². The maximum absolute atomic E-state index is 10.4. The van der Waals surface area contributed by atoms with Crippen molar-refractivity contribution in [2.45, 2.75) is 11.8 Å². The molecule has 0 saturated carbocycles. The van der Waals surface area contributed by atoms with Crippen LogP contribution in [0.2, 0.25) is 0 Å². The fourth-order valence-electron chi connectivity index (χ4n) is 1.05. The van der Waals surface area contributed by atoms with E-state index in [-0.39, 0.29) is 27.9 Å². The average molecular weight is 273 g/mol. The molecule has 2 rings (SSSR count). The predicted molar refractivity (Wildman–Crippen MR) is 70.2 cm³/mol. The third kappa shape index (κ3) is 6.76. The van der Waals surface area contributed by atoms with Gasteiger partial charge in [0.15, 0.2) is 0 Å². The molecule has 3 nitrogen and oxygen atoms in total. The molecule has 0 fully saturated rings. The molecule has 90 valence electrons. The van der Waals surface area contributed by atoms with Crippen molar-refractivity contribution >= 4 is 33.2 Å². The summed E-state index contributed by atoms with van der Waals surface area (Å²) < 4.78 is 31.2. The van der Waals surface area contributed by atoms with Gasteiger partial charge in [-0.05, 0) is 19.1 Å². The summed E-state index contributed by atoms with van der Waals surface area (Å²) in [4.78, 5) is -0.178. The molecule has 0 amide bonds. The molecule has 0 bridgehead atoms. The Hall–Kier alpha value is -0.884. The number of benzene rings is 2. The minimum absolute atomic E-state index is 0. The second-order valence-electron chi connectivity index (χ2n) is 3.34. The van der Waals surface area contributed by atoms with E-state index in [0.29, 0.717) is 0 Å². The molecule has 0 aromatic heterocycles. The Kier molecular flexibility index (Phi) is 7.85. The van der Waals surface area contributed by atoms with Crippen molar-refractivity contribution in [1.82, 2.24) is 0 Å². The largest absolute Gasteiger partial charge is 2.00 e. The van der Waals surface area contributed by atoms with E-state index < -0.39 is 10.1 Å². The van der Waals surface area contributed by atoms with E-state index in [1.54, 1.807) is 12.1 Å². The molecule has 18 heavy (non-hydrogen) atoms. The van der Waals surface area contributed by atoms with Crippen LogP contribution < -0.4 is 0 Å². The number of hydrogen-bond donors (Lipinski definition) is 0. The van der Waals surface area contributed by atoms with Crippen LogP contribution in [0.3, 0.4) is 0 Å². The van der Waals surface area contributed by atoms with Crippen molar-refractivity contribution in [2.24, 2.45) is 0 Å². The SMILES string of the molecule is Cc1ccc(S(=O)(=O)[O-])cc1.[Mg+2].[c-]1ccccc1. The van der Waals surface area contributed by atoms with Gasteiger partial charge in [-0.25, -0.2) is 8.42 Å². The first-order chi connectivity index (χ1) is 8.00. The summed E-state index contributed by atoms with van der Waals surface area (Å²) in [5.74, 6) is 0. The van der Waals surface area contributed by atoms with Gasteiger partial charge in [-0.1, -0.05) is 17.7 Å². The smallest absolute Gasteiger partial charge is 0.744 e. The van der Waals surface area contributed by atoms with Crippen LogP contribution in [0.5, 0.6) is 0 Å². The van der Waals surface area contributed by atoms with Gasteiger partial charge in [0.05, 0.1) is 4.90 Å². The minimum Gasteiger partial charge on any atom is -0.744 e. The molecule has 0 aliphatic rings. The normalized spacial score (nSPS) is 9.67. The van der Waals surface area contributed by atoms with Crippen LogP contribution in [0.4, 0.5) is 0 Å². The Labute approximate surface area is 124 Å². The van der Waals surface area contributed by atoms with E-state index in [2.05, 4.69) is 6.07 Å². The van der Waals surface area contributed by atoms with Crippen molar-refractivity contribution in [3.05, 3.63) is 66.2 Å². The summed E-state index contributed by atoms with van der Waals surface area (Å²) >= 11 is 0. The van der Waals surface area contributed by atoms with Crippen LogP contribution in [0.1, 0.15) is 5.56 Å². The van der Waals surface area contributed by atoms with Gasteiger partial charge in [0.25, 0.3) is 0 Å². The molecule has 0 heterocycles. The van der Waals surface area contributed by atoms with Gasteiger partial charge < -0.3 is 4.55 Å². The van der Waals surface area contributed by atoms with Crippen LogP contribution in [0.25, 0.3) is 0 Å². The Morgan fingerprint density at radius 1 is 1.00 bits per heavy atom. The predicted octanol–water partition coefficient (Wildman–Crippen LogP) is 2.01. The molecule has 5 heteroatoms. The second kappa shape index (κ2) is 8.26. The Balaban J connectivity index is 0.000000352. The molecule has 0 radical (unpaired) electrons. The van der Waals surface area contributed by atoms with Gasteiger partial charge in [-0.3, -0.25) is 0 Å². The summed E-state index contributed by atoms with van der Waals surface area (Å²) in [6.07, 6.45) is 0. The first kappa shape index (κ1) is 17.1. The van der Waals surface area contributed by atoms with Crippen LogP contribution >= 0.6 is 0 Å². The third-order valence-electron chi connectivity index (χ3n) is 1.92. The van der Waals surface area contributed by atoms with Gasteiger partial charge >= 0.3 is 23.1 Å². The van der Waals surface area contributed by atoms with E-state index >= 15 is 0 Å². The van der Waals surface area contributed by atoms with Crippen molar-refractivity contribution in [3.8, 4) is 0 Å². The fourth-order valence-corrected chi connectivity index (χ4v) is 1.52. The van der Waals surface area contributed by atoms with E-state index in [1.807, 2.05) is 37.3 Å². The van der Waals surface area contributed by atoms with Crippen molar-refractivity contribution in [3.63, 3.8) is 0 Å². The fraction of sp³-hybridized carbons (Fsp3) is 0.0769. The minimum atomic E-state index is -4.27. The van der Waals surface area contributed by atoms with E-state index in [1.165, 1.54) is 12.1 Å². The third-order valence-corrected chi connectivity index (χ3v) is 2.77. The number of hydrogen-bond acceptors (Lipinski definition) is 3. The zero-order valence-electron chi connectivity index (χ0n) is 10.0. The summed E-state index contributed by atoms with van der Waals surface area (Å²) in [5, 5.41) is 0. The van der Waals surface area contributed by atoms with E-state index in [9.17, 15) is 13.0 Å². The molecule has 0 spiro atoms. The summed E-state index contributed by atoms with van der Waals surface area (Å²) in [6.45, 7) is 1.82. The average Bonchev–Trinajstić information content (AvgIpc) is 2.31. The summed E-state index contributed by atoms with van der Waals surface area (Å²) in [5.41, 5.74) is 0.928. The van der Waals surface area contributed by atoms with Crippen molar-refractivity contribution in [1.29, 1.82) is 0 Å². The maximum Gasteiger partial charge on any atom is 2.00 e. The Morgan fingerprint density at radius 2 is 1.50 bits per heavy atom. The standard InChI is InChI=1S/C7H8O3S.C6H5.Mg/c1-6-2-4-7(5-3-6)11(8,9)10;1-2-4-6-5-3-1;/h2-5H,1H3,(H,8,9,10);1-5H;/q;-1;+2/p-1. The van der Waals surface area contributed by atoms with Gasteiger partial charge in [0.1, 0.15) is 10.1 Å². The zero-order chi connectivity index (χ0) is 12.7. The summed E-state index contributed by atoms with van der Waals surface area (Å²) in [7, 11) is -4.27. The molecule has 0 aliphatic carbocycles. The molecule has 2 aromatic rings. The molecule has 0 atom stereocenters. The number of aryl methyl sites for hydroxylation is 1. The Bertz CT molecular complexity index is 510. The first-order valence-electron chi connectivity index (χ1n) is 4.94. The quantitative estimate of drug-likeness (QED) is 0.453. The molecule has 0 unspecified atom stereocenters. The van der Waals surface area contributed by atoms with Gasteiger partial charge in [0, 0.05) is 0 Å². The molecular weight excluding hydrogens is 261 g/mol. The van der Waals surface area contributed by atoms with Crippen LogP contribution in [-0.2, 0) is 10.1 Å². The van der Waals surface area contributed by atoms with Gasteiger partial charge in [-0.15, -0.1) is 0 Å². The second-order valence-corrected chi connectivity index (χ2v) is 4.72. The molecule has 0 N–H and O–H groups in total. The molecular formula is C13H12MgO3S. The zero-order valence-corrected chi connectivity index (χ0v) is 12.3. The monoisotopic (exact) mass is 272 g/mol. The van der Waals surface area contributed by atoms with Crippen LogP contribution in [0.15, 0.2) is 59.5 Å². The van der Waals surface area contributed by atoms with E-state index in [4.69, 9.17) is 0 Å². The molecule has 0 saturated heterocycles. The van der Waals surface area contributed by atoms with Crippen molar-refractivity contribution < 1.29 is 13.0 Å². The van der Waals surface area contributed by atoms with Gasteiger partial charge in [-0.2, -0.15) is 36.4 Å². The first-order valence-corrected chi connectivity index (χ1v) is 6.34. The number of rotatable bonds is 1. The van der Waals surface area contributed by atoms with E-state index in [0.717, 1.165) is 5.56 Å². The molecule has 2 aromatic carbocycles. The molecule has 0 aliphatic heterocycles. The maximum atomic E-state index is 10.4. The Morgan fingerprint density at radius 3 is 1.78 bits per heavy atom. The van der Waals surface area contributed by atoms with Gasteiger partial charge in [0.2, 0.25) is 0 Å². The van der Waals surface area contributed by atoms with Crippen molar-refractivity contribution in [2.75, 3.05) is 0 Å².